The van der Waals surface area contributed by atoms with Crippen LogP contribution in [0.1, 0.15) is 11.1 Å². The number of aromatic hydroxyl groups is 1. The van der Waals surface area contributed by atoms with Crippen molar-refractivity contribution in [3.8, 4) is 28.0 Å². The molecule has 1 heterocycles. The van der Waals surface area contributed by atoms with Crippen LogP contribution in [0, 0.1) is 19.7 Å². The number of aryl methyl sites for hydroxylation is 1. The highest BCUT2D eigenvalue weighted by molar-refractivity contribution is 6.58. The van der Waals surface area contributed by atoms with E-state index in [2.05, 4.69) is 11.1 Å². The average Bonchev–Trinajstić information content (AvgIpc) is 2.70. The molecule has 6 heteroatoms. The van der Waals surface area contributed by atoms with Crippen LogP contribution in [-0.2, 0) is 0 Å². The molecule has 0 unspecified atom stereocenters. The topological polar surface area (TPSA) is 73.6 Å². The van der Waals surface area contributed by atoms with Crippen molar-refractivity contribution in [2.45, 2.75) is 13.8 Å². The van der Waals surface area contributed by atoms with Gasteiger partial charge in [-0.25, -0.2) is 4.39 Å². The van der Waals surface area contributed by atoms with E-state index < -0.39 is 12.9 Å². The van der Waals surface area contributed by atoms with Crippen LogP contribution in [0.3, 0.4) is 0 Å². The number of pyridine rings is 1. The van der Waals surface area contributed by atoms with Crippen molar-refractivity contribution in [3.63, 3.8) is 0 Å². The van der Waals surface area contributed by atoms with Crippen molar-refractivity contribution in [2.24, 2.45) is 0 Å². The molecule has 0 saturated heterocycles. The normalized spacial score (nSPS) is 11.1. The summed E-state index contributed by atoms with van der Waals surface area (Å²) in [5.41, 5.74) is 3.61. The van der Waals surface area contributed by atoms with Gasteiger partial charge in [-0.1, -0.05) is 42.5 Å². The van der Waals surface area contributed by atoms with Crippen molar-refractivity contribution in [3.05, 3.63) is 77.9 Å². The minimum absolute atomic E-state index is 0.0742. The number of rotatable bonds is 3. The summed E-state index contributed by atoms with van der Waals surface area (Å²) in [5, 5.41) is 31.8. The minimum atomic E-state index is -1.94. The lowest BCUT2D eigenvalue weighted by Gasteiger charge is -2.17. The maximum absolute atomic E-state index is 14.9. The summed E-state index contributed by atoms with van der Waals surface area (Å²) in [6.45, 7) is 3.98. The first-order valence-corrected chi connectivity index (χ1v) is 9.21. The van der Waals surface area contributed by atoms with Gasteiger partial charge in [-0.2, -0.15) is 0 Å². The molecular formula is C23H19BFNO3. The van der Waals surface area contributed by atoms with Gasteiger partial charge in [0.15, 0.2) is 0 Å². The highest BCUT2D eigenvalue weighted by atomic mass is 19.1. The molecular weight excluding hydrogens is 368 g/mol. The number of phenols is 1. The van der Waals surface area contributed by atoms with Gasteiger partial charge in [-0.3, -0.25) is 4.98 Å². The first kappa shape index (κ1) is 19.1. The van der Waals surface area contributed by atoms with Gasteiger partial charge in [0.05, 0.1) is 0 Å². The molecule has 4 aromatic rings. The van der Waals surface area contributed by atoms with Gasteiger partial charge in [0.2, 0.25) is 0 Å². The summed E-state index contributed by atoms with van der Waals surface area (Å²) in [7, 11) is -1.94. The molecule has 0 amide bonds. The van der Waals surface area contributed by atoms with Crippen LogP contribution >= 0.6 is 0 Å². The van der Waals surface area contributed by atoms with Crippen molar-refractivity contribution in [1.29, 1.82) is 0 Å². The fourth-order valence-electron chi connectivity index (χ4n) is 3.75. The highest BCUT2D eigenvalue weighted by Gasteiger charge is 2.22. The standard InChI is InChI=1S/C23H19BFNO3/c1-13-11-15-9-10-26-12-19(15)21(14(13)2)18-7-3-6-17(23(18)27)16-5-4-8-20(22(16)25)24(28)29/h3-12,27-29H,1-2H3. The van der Waals surface area contributed by atoms with E-state index in [9.17, 15) is 19.5 Å². The first-order valence-electron chi connectivity index (χ1n) is 9.21. The van der Waals surface area contributed by atoms with Crippen molar-refractivity contribution < 1.29 is 19.5 Å². The Labute approximate surface area is 168 Å². The van der Waals surface area contributed by atoms with E-state index in [1.807, 2.05) is 19.9 Å². The fraction of sp³-hybridized carbons (Fsp3) is 0.0870. The van der Waals surface area contributed by atoms with Crippen LogP contribution in [0.25, 0.3) is 33.0 Å². The predicted octanol–water partition coefficient (Wildman–Crippen LogP) is 3.71. The third-order valence-corrected chi connectivity index (χ3v) is 5.36. The lowest BCUT2D eigenvalue weighted by molar-refractivity contribution is 0.423. The summed E-state index contributed by atoms with van der Waals surface area (Å²) in [5.74, 6) is -0.850. The van der Waals surface area contributed by atoms with Gasteiger partial charge in [0.25, 0.3) is 0 Å². The molecule has 0 atom stereocenters. The van der Waals surface area contributed by atoms with Gasteiger partial charge in [0, 0.05) is 39.9 Å². The minimum Gasteiger partial charge on any atom is -0.507 e. The Morgan fingerprint density at radius 2 is 1.62 bits per heavy atom. The molecule has 0 saturated carbocycles. The summed E-state index contributed by atoms with van der Waals surface area (Å²) in [4.78, 5) is 4.23. The molecule has 0 aliphatic carbocycles. The number of para-hydroxylation sites is 1. The Hall–Kier alpha value is -3.22. The van der Waals surface area contributed by atoms with Crippen molar-refractivity contribution >= 4 is 23.4 Å². The number of nitrogens with zero attached hydrogens (tertiary/aromatic N) is 1. The highest BCUT2D eigenvalue weighted by Crippen LogP contribution is 2.43. The Kier molecular flexibility index (Phi) is 4.82. The van der Waals surface area contributed by atoms with Gasteiger partial charge in [-0.15, -0.1) is 0 Å². The van der Waals surface area contributed by atoms with E-state index in [-0.39, 0.29) is 22.3 Å². The van der Waals surface area contributed by atoms with Gasteiger partial charge < -0.3 is 15.2 Å². The number of hydrogen-bond donors (Lipinski definition) is 3. The molecule has 144 valence electrons. The maximum Gasteiger partial charge on any atom is 0.491 e. The Morgan fingerprint density at radius 1 is 0.931 bits per heavy atom. The van der Waals surface area contributed by atoms with Crippen molar-refractivity contribution in [2.75, 3.05) is 0 Å². The summed E-state index contributed by atoms with van der Waals surface area (Å²) in [6, 6.07) is 13.5. The molecule has 3 N–H and O–H groups in total. The average molecular weight is 387 g/mol. The number of benzene rings is 3. The number of fused-ring (bicyclic) bond motifs is 1. The van der Waals surface area contributed by atoms with E-state index in [1.165, 1.54) is 18.2 Å². The Bertz CT molecular complexity index is 1240. The molecule has 4 rings (SSSR count). The Morgan fingerprint density at radius 3 is 2.38 bits per heavy atom. The van der Waals surface area contributed by atoms with Gasteiger partial charge in [0.1, 0.15) is 11.6 Å². The first-order chi connectivity index (χ1) is 13.9. The zero-order valence-corrected chi connectivity index (χ0v) is 16.0. The van der Waals surface area contributed by atoms with E-state index >= 15 is 0 Å². The third-order valence-electron chi connectivity index (χ3n) is 5.36. The molecule has 0 bridgehead atoms. The monoisotopic (exact) mass is 387 g/mol. The summed E-state index contributed by atoms with van der Waals surface area (Å²) >= 11 is 0. The second-order valence-electron chi connectivity index (χ2n) is 7.07. The number of halogens is 1. The second kappa shape index (κ2) is 7.31. The Balaban J connectivity index is 2.01. The van der Waals surface area contributed by atoms with E-state index in [0.717, 1.165) is 27.5 Å². The number of aromatic nitrogens is 1. The van der Waals surface area contributed by atoms with Crippen LogP contribution in [0.15, 0.2) is 60.9 Å². The molecule has 1 aromatic heterocycles. The molecule has 0 aliphatic rings. The van der Waals surface area contributed by atoms with E-state index in [0.29, 0.717) is 5.56 Å². The largest absolute Gasteiger partial charge is 0.507 e. The fourth-order valence-corrected chi connectivity index (χ4v) is 3.75. The quantitative estimate of drug-likeness (QED) is 0.469. The molecule has 0 fully saturated rings. The van der Waals surface area contributed by atoms with Crippen LogP contribution in [0.4, 0.5) is 4.39 Å². The zero-order chi connectivity index (χ0) is 20.7. The summed E-state index contributed by atoms with van der Waals surface area (Å²) in [6.07, 6.45) is 3.48. The molecule has 29 heavy (non-hydrogen) atoms. The number of phenolic OH excluding ortho intramolecular Hbond substituents is 1. The molecule has 3 aromatic carbocycles. The molecule has 4 nitrogen and oxygen atoms in total. The lowest BCUT2D eigenvalue weighted by Crippen LogP contribution is -2.32. The molecule has 0 radical (unpaired) electrons. The van der Waals surface area contributed by atoms with Gasteiger partial charge in [-0.05, 0) is 42.0 Å². The molecule has 0 aliphatic heterocycles. The van der Waals surface area contributed by atoms with Crippen molar-refractivity contribution in [1.82, 2.24) is 4.98 Å². The third kappa shape index (κ3) is 3.16. The van der Waals surface area contributed by atoms with E-state index in [4.69, 9.17) is 0 Å². The zero-order valence-electron chi connectivity index (χ0n) is 16.0. The van der Waals surface area contributed by atoms with Crippen LogP contribution in [0.5, 0.6) is 5.75 Å². The van der Waals surface area contributed by atoms with Gasteiger partial charge >= 0.3 is 7.12 Å². The maximum atomic E-state index is 14.9. The van der Waals surface area contributed by atoms with Crippen LogP contribution in [-0.4, -0.2) is 27.3 Å². The van der Waals surface area contributed by atoms with E-state index in [1.54, 1.807) is 30.6 Å². The SMILES string of the molecule is Cc1cc2ccncc2c(-c2cccc(-c3cccc(B(O)O)c3F)c2O)c1C. The van der Waals surface area contributed by atoms with Crippen LogP contribution < -0.4 is 5.46 Å². The smallest absolute Gasteiger partial charge is 0.491 e. The second-order valence-corrected chi connectivity index (χ2v) is 7.07. The number of hydrogen-bond acceptors (Lipinski definition) is 4. The molecule has 0 spiro atoms. The van der Waals surface area contributed by atoms with Crippen LogP contribution in [0.2, 0.25) is 0 Å². The summed E-state index contributed by atoms with van der Waals surface area (Å²) < 4.78 is 14.9. The predicted molar refractivity (Wildman–Crippen MR) is 114 cm³/mol. The lowest BCUT2D eigenvalue weighted by atomic mass is 9.78.